The van der Waals surface area contributed by atoms with Crippen molar-refractivity contribution in [1.82, 2.24) is 19.7 Å². The Bertz CT molecular complexity index is 1420. The Morgan fingerprint density at radius 3 is 2.74 bits per heavy atom. The van der Waals surface area contributed by atoms with Crippen LogP contribution in [-0.4, -0.2) is 42.5 Å². The normalized spacial score (nSPS) is 16.1. The zero-order valence-corrected chi connectivity index (χ0v) is 19.4. The number of carbonyl (C=O) groups excluding carboxylic acids is 1. The molecule has 8 nitrogen and oxygen atoms in total. The van der Waals surface area contributed by atoms with Gasteiger partial charge >= 0.3 is 6.18 Å². The van der Waals surface area contributed by atoms with E-state index in [2.05, 4.69) is 20.4 Å². The van der Waals surface area contributed by atoms with Crippen molar-refractivity contribution in [3.8, 4) is 5.69 Å². The lowest BCUT2D eigenvalue weighted by Gasteiger charge is -2.19. The van der Waals surface area contributed by atoms with E-state index in [1.165, 1.54) is 30.7 Å². The molecule has 3 aromatic heterocycles. The molecule has 35 heavy (non-hydrogen) atoms. The van der Waals surface area contributed by atoms with Crippen LogP contribution < -0.4 is 9.62 Å². The summed E-state index contributed by atoms with van der Waals surface area (Å²) < 4.78 is 56.7. The molecule has 13 heteroatoms. The van der Waals surface area contributed by atoms with E-state index in [9.17, 15) is 22.5 Å². The van der Waals surface area contributed by atoms with Crippen molar-refractivity contribution < 1.29 is 22.5 Å². The van der Waals surface area contributed by atoms with Crippen LogP contribution in [0, 0.1) is 0 Å². The molecule has 1 atom stereocenters. The van der Waals surface area contributed by atoms with E-state index >= 15 is 0 Å². The van der Waals surface area contributed by atoms with E-state index in [1.807, 2.05) is 0 Å². The zero-order valence-electron chi connectivity index (χ0n) is 17.8. The summed E-state index contributed by atoms with van der Waals surface area (Å²) in [4.78, 5) is 21.0. The molecule has 1 aliphatic heterocycles. The van der Waals surface area contributed by atoms with Crippen molar-refractivity contribution in [3.63, 3.8) is 0 Å². The average molecular weight is 521 g/mol. The summed E-state index contributed by atoms with van der Waals surface area (Å²) in [7, 11) is 0. The highest BCUT2D eigenvalue weighted by molar-refractivity contribution is 7.93. The number of rotatable bonds is 4. The summed E-state index contributed by atoms with van der Waals surface area (Å²) in [6.07, 6.45) is 0.930. The molecule has 1 fully saturated rings. The van der Waals surface area contributed by atoms with Gasteiger partial charge in [0.25, 0.3) is 5.91 Å². The Labute approximate surface area is 205 Å². The summed E-state index contributed by atoms with van der Waals surface area (Å²) in [6.45, 7) is 0.517. The highest BCUT2D eigenvalue weighted by Gasteiger charge is 2.41. The highest BCUT2D eigenvalue weighted by Crippen LogP contribution is 2.36. The molecule has 0 radical (unpaired) electrons. The minimum absolute atomic E-state index is 0.0870. The molecule has 1 N–H and O–H groups in total. The number of benzene rings is 1. The molecule has 0 bridgehead atoms. The monoisotopic (exact) mass is 520 g/mol. The Morgan fingerprint density at radius 2 is 2.03 bits per heavy atom. The summed E-state index contributed by atoms with van der Waals surface area (Å²) in [6, 6.07) is 7.83. The van der Waals surface area contributed by atoms with Crippen LogP contribution in [0.5, 0.6) is 0 Å². The Morgan fingerprint density at radius 1 is 1.20 bits per heavy atom. The van der Waals surface area contributed by atoms with Crippen LogP contribution >= 0.6 is 11.6 Å². The van der Waals surface area contributed by atoms with E-state index in [0.29, 0.717) is 27.8 Å². The van der Waals surface area contributed by atoms with Crippen molar-refractivity contribution in [2.24, 2.45) is 0 Å². The molecule has 1 amide bonds. The Kier molecular flexibility index (Phi) is 6.03. The van der Waals surface area contributed by atoms with Crippen LogP contribution in [0.3, 0.4) is 0 Å². The highest BCUT2D eigenvalue weighted by atomic mass is 35.5. The third-order valence-electron chi connectivity index (χ3n) is 5.41. The maximum absolute atomic E-state index is 14.1. The van der Waals surface area contributed by atoms with Crippen LogP contribution in [0.2, 0.25) is 5.02 Å². The summed E-state index contributed by atoms with van der Waals surface area (Å²) in [5, 5.41) is 7.52. The second kappa shape index (κ2) is 9.02. The molecule has 1 unspecified atom stereocenters. The number of halogens is 4. The lowest BCUT2D eigenvalue weighted by atomic mass is 10.1. The van der Waals surface area contributed by atoms with Gasteiger partial charge in [-0.15, -0.1) is 0 Å². The van der Waals surface area contributed by atoms with Gasteiger partial charge in [0.2, 0.25) is 0 Å². The Balaban J connectivity index is 1.49. The van der Waals surface area contributed by atoms with Gasteiger partial charge in [-0.25, -0.2) is 9.67 Å². The fourth-order valence-electron chi connectivity index (χ4n) is 3.88. The van der Waals surface area contributed by atoms with Gasteiger partial charge in [-0.3, -0.25) is 9.78 Å². The molecule has 0 spiro atoms. The van der Waals surface area contributed by atoms with Crippen molar-refractivity contribution in [1.29, 1.82) is 0 Å². The number of nitrogens with one attached hydrogen (secondary N) is 1. The Hall–Kier alpha value is -3.35. The number of carbonyl (C=O) groups is 1. The number of anilines is 2. The fourth-order valence-corrected chi connectivity index (χ4v) is 5.47. The second-order valence-electron chi connectivity index (χ2n) is 7.66. The van der Waals surface area contributed by atoms with E-state index < -0.39 is 34.7 Å². The number of amides is 1. The fraction of sp³-hybridized carbons (Fsp3) is 0.182. The molecule has 5 rings (SSSR count). The standard InChI is InChI=1S/C22H16ClF3N6O2S/c23-17-9-14(10-28-20(17)31-7-2-8-35(31)34)30-21(33)16-12-29-32(19(16)22(24,25)26)18-4-1-3-13-5-6-27-11-15(13)18/h1,3-6,9-12H,2,7-8H2,(H,30,33). The zero-order chi connectivity index (χ0) is 24.7. The first-order valence-electron chi connectivity index (χ1n) is 10.4. The maximum atomic E-state index is 14.1. The van der Waals surface area contributed by atoms with Crippen LogP contribution in [0.1, 0.15) is 22.5 Å². The minimum atomic E-state index is -4.88. The van der Waals surface area contributed by atoms with Gasteiger partial charge < -0.3 is 9.87 Å². The van der Waals surface area contributed by atoms with Crippen molar-refractivity contribution >= 4 is 51.1 Å². The van der Waals surface area contributed by atoms with Gasteiger partial charge in [-0.1, -0.05) is 23.7 Å². The first kappa shape index (κ1) is 23.4. The predicted octanol–water partition coefficient (Wildman–Crippen LogP) is 4.61. The number of nitrogens with zero attached hydrogens (tertiary/aromatic N) is 5. The van der Waals surface area contributed by atoms with E-state index in [-0.39, 0.29) is 22.2 Å². The van der Waals surface area contributed by atoms with Gasteiger partial charge in [0.1, 0.15) is 5.75 Å². The largest absolute Gasteiger partial charge is 0.593 e. The molecular weight excluding hydrogens is 505 g/mol. The first-order chi connectivity index (χ1) is 16.7. The molecule has 0 aliphatic carbocycles. The first-order valence-corrected chi connectivity index (χ1v) is 12.0. The number of fused-ring (bicyclic) bond motifs is 1. The number of alkyl halides is 3. The number of pyridine rings is 2. The summed E-state index contributed by atoms with van der Waals surface area (Å²) >= 11 is 5.01. The van der Waals surface area contributed by atoms with Crippen molar-refractivity contribution in [2.75, 3.05) is 21.9 Å². The van der Waals surface area contributed by atoms with Crippen LogP contribution in [-0.2, 0) is 17.5 Å². The molecule has 0 saturated carbocycles. The average Bonchev–Trinajstić information content (AvgIpc) is 3.45. The van der Waals surface area contributed by atoms with E-state index in [4.69, 9.17) is 11.6 Å². The predicted molar refractivity (Wildman–Crippen MR) is 126 cm³/mol. The SMILES string of the molecule is O=C(Nc1cnc(N2CCC[S+]2[O-])c(Cl)c1)c1cnn(-c2cccc3ccncc23)c1C(F)(F)F. The lowest BCUT2D eigenvalue weighted by Crippen LogP contribution is -2.26. The van der Waals surface area contributed by atoms with E-state index in [1.54, 1.807) is 22.5 Å². The second-order valence-corrected chi connectivity index (χ2v) is 9.55. The topological polar surface area (TPSA) is 99.0 Å². The number of hydrogen-bond donors (Lipinski definition) is 1. The number of aromatic nitrogens is 4. The quantitative estimate of drug-likeness (QED) is 0.394. The van der Waals surface area contributed by atoms with Crippen LogP contribution in [0.15, 0.2) is 55.1 Å². The molecule has 1 aromatic carbocycles. The van der Waals surface area contributed by atoms with Crippen LogP contribution in [0.4, 0.5) is 24.7 Å². The molecule has 1 saturated heterocycles. The third-order valence-corrected chi connectivity index (χ3v) is 7.18. The maximum Gasteiger partial charge on any atom is 0.434 e. The third kappa shape index (κ3) is 4.40. The molecular formula is C22H16ClF3N6O2S. The van der Waals surface area contributed by atoms with Crippen molar-refractivity contribution in [2.45, 2.75) is 12.6 Å². The summed E-state index contributed by atoms with van der Waals surface area (Å²) in [5.74, 6) is -0.251. The van der Waals surface area contributed by atoms with Gasteiger partial charge in [-0.05, 0) is 23.6 Å². The molecule has 1 aliphatic rings. The smallest absolute Gasteiger partial charge is 0.434 e. The lowest BCUT2D eigenvalue weighted by molar-refractivity contribution is -0.143. The van der Waals surface area contributed by atoms with Crippen molar-refractivity contribution in [3.05, 3.63) is 71.4 Å². The van der Waals surface area contributed by atoms with Crippen LogP contribution in [0.25, 0.3) is 16.5 Å². The molecule has 4 aromatic rings. The van der Waals surface area contributed by atoms with Gasteiger partial charge in [0, 0.05) is 24.2 Å². The van der Waals surface area contributed by atoms with Gasteiger partial charge in [-0.2, -0.15) is 22.6 Å². The van der Waals surface area contributed by atoms with E-state index in [0.717, 1.165) is 12.6 Å². The van der Waals surface area contributed by atoms with Gasteiger partial charge in [0.15, 0.2) is 11.5 Å². The minimum Gasteiger partial charge on any atom is -0.593 e. The molecule has 4 heterocycles. The number of hydrogen-bond acceptors (Lipinski definition) is 6. The summed E-state index contributed by atoms with van der Waals surface area (Å²) in [5.41, 5.74) is -1.67. The molecule has 180 valence electrons. The van der Waals surface area contributed by atoms with Gasteiger partial charge in [0.05, 0.1) is 52.3 Å².